The van der Waals surface area contributed by atoms with Crippen LogP contribution in [0, 0.1) is 6.92 Å². The van der Waals surface area contributed by atoms with Gasteiger partial charge < -0.3 is 9.47 Å². The fourth-order valence-corrected chi connectivity index (χ4v) is 4.77. The lowest BCUT2D eigenvalue weighted by Gasteiger charge is -2.27. The van der Waals surface area contributed by atoms with Gasteiger partial charge >= 0.3 is 0 Å². The van der Waals surface area contributed by atoms with Crippen molar-refractivity contribution in [2.24, 2.45) is 0 Å². The van der Waals surface area contributed by atoms with Crippen LogP contribution in [-0.4, -0.2) is 72.1 Å². The Hall–Kier alpha value is -2.49. The van der Waals surface area contributed by atoms with Gasteiger partial charge in [-0.25, -0.2) is 4.98 Å². The van der Waals surface area contributed by atoms with Gasteiger partial charge in [-0.15, -0.1) is 0 Å². The van der Waals surface area contributed by atoms with Gasteiger partial charge in [0, 0.05) is 38.8 Å². The number of carbonyl (C=O) groups excluding carboxylic acids is 1. The molecular weight excluding hydrogens is 414 g/mol. The van der Waals surface area contributed by atoms with E-state index >= 15 is 0 Å². The smallest absolute Gasteiger partial charge is 0.278 e. The Labute approximate surface area is 186 Å². The van der Waals surface area contributed by atoms with Gasteiger partial charge in [-0.2, -0.15) is 5.10 Å². The molecule has 0 saturated carbocycles. The number of rotatable bonds is 8. The molecule has 9 heteroatoms. The molecule has 0 atom stereocenters. The number of hydrogen-bond acceptors (Lipinski definition) is 7. The van der Waals surface area contributed by atoms with Crippen LogP contribution in [0.15, 0.2) is 24.3 Å². The lowest BCUT2D eigenvalue weighted by atomic mass is 10.3. The number of benzene rings is 1. The molecule has 0 spiro atoms. The van der Waals surface area contributed by atoms with E-state index in [0.29, 0.717) is 23.9 Å². The lowest BCUT2D eigenvalue weighted by molar-refractivity contribution is 0.0376. The van der Waals surface area contributed by atoms with Crippen LogP contribution in [0.25, 0.3) is 10.2 Å². The molecule has 8 nitrogen and oxygen atoms in total. The maximum atomic E-state index is 13.6. The van der Waals surface area contributed by atoms with Crippen molar-refractivity contribution in [1.29, 1.82) is 0 Å². The highest BCUT2D eigenvalue weighted by molar-refractivity contribution is 7.22. The molecule has 1 aliphatic heterocycles. The van der Waals surface area contributed by atoms with Gasteiger partial charge in [0.2, 0.25) is 0 Å². The molecule has 0 bridgehead atoms. The quantitative estimate of drug-likeness (QED) is 0.532. The zero-order chi connectivity index (χ0) is 21.8. The number of ether oxygens (including phenoxy) is 2. The fourth-order valence-electron chi connectivity index (χ4n) is 3.80. The van der Waals surface area contributed by atoms with E-state index in [2.05, 4.69) is 10.00 Å². The zero-order valence-corrected chi connectivity index (χ0v) is 19.2. The summed E-state index contributed by atoms with van der Waals surface area (Å²) < 4.78 is 13.6. The maximum Gasteiger partial charge on any atom is 0.278 e. The molecule has 0 unspecified atom stereocenters. The number of aromatic nitrogens is 3. The Morgan fingerprint density at radius 3 is 2.84 bits per heavy atom. The number of aryl methyl sites for hydroxylation is 2. The number of hydrogen-bond donors (Lipinski definition) is 0. The van der Waals surface area contributed by atoms with E-state index in [-0.39, 0.29) is 5.91 Å². The highest BCUT2D eigenvalue weighted by Gasteiger charge is 2.25. The van der Waals surface area contributed by atoms with Crippen LogP contribution in [-0.2, 0) is 11.3 Å². The maximum absolute atomic E-state index is 13.6. The normalized spacial score (nSPS) is 14.8. The van der Waals surface area contributed by atoms with Crippen LogP contribution in [0.5, 0.6) is 5.75 Å². The minimum absolute atomic E-state index is 0.0598. The number of carbonyl (C=O) groups is 1. The summed E-state index contributed by atoms with van der Waals surface area (Å²) in [4.78, 5) is 22.6. The summed E-state index contributed by atoms with van der Waals surface area (Å²) in [5.41, 5.74) is 2.28. The highest BCUT2D eigenvalue weighted by atomic mass is 32.1. The number of anilines is 1. The Kier molecular flexibility index (Phi) is 6.84. The number of methoxy groups -OCH3 is 1. The molecule has 2 aromatic heterocycles. The molecule has 4 rings (SSSR count). The van der Waals surface area contributed by atoms with Gasteiger partial charge in [0.15, 0.2) is 5.13 Å². The highest BCUT2D eigenvalue weighted by Crippen LogP contribution is 2.32. The SMILES string of the molecule is CCn1nc(C)cc1C(=O)N(CCCN1CCOCC1)c1nc2cc(OC)ccc2s1. The topological polar surface area (TPSA) is 72.7 Å². The van der Waals surface area contributed by atoms with E-state index in [1.807, 2.05) is 38.1 Å². The van der Waals surface area contributed by atoms with E-state index in [1.54, 1.807) is 16.7 Å². The van der Waals surface area contributed by atoms with E-state index in [4.69, 9.17) is 14.5 Å². The van der Waals surface area contributed by atoms with Crippen LogP contribution < -0.4 is 9.64 Å². The molecule has 1 fully saturated rings. The second-order valence-electron chi connectivity index (χ2n) is 7.58. The van der Waals surface area contributed by atoms with Gasteiger partial charge in [0.1, 0.15) is 11.4 Å². The average molecular weight is 444 g/mol. The predicted molar refractivity (Wildman–Crippen MR) is 122 cm³/mol. The predicted octanol–water partition coefficient (Wildman–Crippen LogP) is 3.20. The van der Waals surface area contributed by atoms with Gasteiger partial charge in [0.25, 0.3) is 5.91 Å². The van der Waals surface area contributed by atoms with Crippen LogP contribution in [0.4, 0.5) is 5.13 Å². The van der Waals surface area contributed by atoms with Crippen molar-refractivity contribution in [2.45, 2.75) is 26.8 Å². The van der Waals surface area contributed by atoms with Crippen molar-refractivity contribution < 1.29 is 14.3 Å². The van der Waals surface area contributed by atoms with Crippen molar-refractivity contribution in [3.8, 4) is 5.75 Å². The third-order valence-electron chi connectivity index (χ3n) is 5.44. The van der Waals surface area contributed by atoms with E-state index in [0.717, 1.165) is 60.9 Å². The Morgan fingerprint density at radius 2 is 2.10 bits per heavy atom. The molecule has 31 heavy (non-hydrogen) atoms. The average Bonchev–Trinajstić information content (AvgIpc) is 3.39. The summed E-state index contributed by atoms with van der Waals surface area (Å²) in [7, 11) is 1.64. The Bertz CT molecular complexity index is 1040. The molecule has 1 aromatic carbocycles. The third kappa shape index (κ3) is 4.89. The Balaban J connectivity index is 1.60. The molecule has 3 aromatic rings. The number of thiazole rings is 1. The van der Waals surface area contributed by atoms with Crippen molar-refractivity contribution in [1.82, 2.24) is 19.7 Å². The second kappa shape index (κ2) is 9.76. The summed E-state index contributed by atoms with van der Waals surface area (Å²) in [5.74, 6) is 0.699. The largest absolute Gasteiger partial charge is 0.497 e. The standard InChI is InChI=1S/C22H29N5O3S/c1-4-27-19(14-16(2)24-27)21(28)26(9-5-8-25-10-12-30-13-11-25)22-23-18-15-17(29-3)6-7-20(18)31-22/h6-7,14-15H,4-5,8-13H2,1-3H3. The number of nitrogens with zero attached hydrogens (tertiary/aromatic N) is 5. The molecule has 0 aliphatic carbocycles. The number of morpholine rings is 1. The van der Waals surface area contributed by atoms with Gasteiger partial charge in [-0.05, 0) is 38.5 Å². The van der Waals surface area contributed by atoms with E-state index < -0.39 is 0 Å². The summed E-state index contributed by atoms with van der Waals surface area (Å²) in [6.07, 6.45) is 0.865. The molecule has 0 N–H and O–H groups in total. The van der Waals surface area contributed by atoms with Crippen LogP contribution in [0.1, 0.15) is 29.5 Å². The second-order valence-corrected chi connectivity index (χ2v) is 8.59. The van der Waals surface area contributed by atoms with E-state index in [1.165, 1.54) is 11.3 Å². The summed E-state index contributed by atoms with van der Waals surface area (Å²) in [6, 6.07) is 7.68. The lowest BCUT2D eigenvalue weighted by Crippen LogP contribution is -2.39. The van der Waals surface area contributed by atoms with Gasteiger partial charge in [0.05, 0.1) is 36.2 Å². The van der Waals surface area contributed by atoms with Crippen molar-refractivity contribution in [2.75, 3.05) is 51.4 Å². The first kappa shape index (κ1) is 21.7. The molecule has 166 valence electrons. The number of amides is 1. The van der Waals surface area contributed by atoms with E-state index in [9.17, 15) is 4.79 Å². The number of fused-ring (bicyclic) bond motifs is 1. The summed E-state index contributed by atoms with van der Waals surface area (Å²) >= 11 is 1.53. The molecule has 1 saturated heterocycles. The fraction of sp³-hybridized carbons (Fsp3) is 0.500. The molecule has 0 radical (unpaired) electrons. The van der Waals surface area contributed by atoms with Crippen molar-refractivity contribution in [3.05, 3.63) is 35.7 Å². The Morgan fingerprint density at radius 1 is 1.29 bits per heavy atom. The van der Waals surface area contributed by atoms with Crippen LogP contribution in [0.2, 0.25) is 0 Å². The first-order valence-electron chi connectivity index (χ1n) is 10.7. The minimum Gasteiger partial charge on any atom is -0.497 e. The summed E-state index contributed by atoms with van der Waals surface area (Å²) in [5, 5.41) is 5.16. The third-order valence-corrected chi connectivity index (χ3v) is 6.50. The first-order valence-corrected chi connectivity index (χ1v) is 11.5. The van der Waals surface area contributed by atoms with Crippen molar-refractivity contribution in [3.63, 3.8) is 0 Å². The molecule has 1 amide bonds. The van der Waals surface area contributed by atoms with Crippen LogP contribution in [0.3, 0.4) is 0 Å². The van der Waals surface area contributed by atoms with Crippen LogP contribution >= 0.6 is 11.3 Å². The summed E-state index contributed by atoms with van der Waals surface area (Å²) in [6.45, 7) is 9.51. The first-order chi connectivity index (χ1) is 15.1. The van der Waals surface area contributed by atoms with Crippen molar-refractivity contribution >= 4 is 32.6 Å². The minimum atomic E-state index is -0.0598. The van der Waals surface area contributed by atoms with Gasteiger partial charge in [-0.1, -0.05) is 11.3 Å². The monoisotopic (exact) mass is 443 g/mol. The molecule has 3 heterocycles. The molecular formula is C22H29N5O3S. The zero-order valence-electron chi connectivity index (χ0n) is 18.3. The molecule has 1 aliphatic rings. The van der Waals surface area contributed by atoms with Gasteiger partial charge in [-0.3, -0.25) is 19.3 Å².